The summed E-state index contributed by atoms with van der Waals surface area (Å²) in [5, 5.41) is 13.7. The van der Waals surface area contributed by atoms with Crippen molar-refractivity contribution in [3.05, 3.63) is 194 Å². The van der Waals surface area contributed by atoms with Crippen molar-refractivity contribution in [3.63, 3.8) is 0 Å². The number of aromatic nitrogens is 4. The van der Waals surface area contributed by atoms with Crippen LogP contribution >= 0.6 is 22.7 Å². The molecule has 0 unspecified atom stereocenters. The van der Waals surface area contributed by atoms with E-state index in [1.807, 2.05) is 0 Å². The molecule has 0 bridgehead atoms. The Morgan fingerprint density at radius 1 is 0.379 bits per heavy atom. The van der Waals surface area contributed by atoms with Crippen LogP contribution in [0.15, 0.2) is 199 Å². The van der Waals surface area contributed by atoms with Crippen LogP contribution in [0.4, 0.5) is 0 Å². The number of thiophene rings is 2. The van der Waals surface area contributed by atoms with Gasteiger partial charge in [0.2, 0.25) is 0 Å². The van der Waals surface area contributed by atoms with Crippen LogP contribution in [0.1, 0.15) is 0 Å². The van der Waals surface area contributed by atoms with Crippen molar-refractivity contribution in [1.29, 1.82) is 0 Å². The van der Waals surface area contributed by atoms with E-state index >= 15 is 0 Å². The summed E-state index contributed by atoms with van der Waals surface area (Å²) in [5.41, 5.74) is 7.61. The maximum atomic E-state index is 6.97. The van der Waals surface area contributed by atoms with Gasteiger partial charge in [0.15, 0.2) is 17.5 Å². The smallest absolute Gasteiger partial charge is 0.166 e. The molecule has 0 spiro atoms. The predicted molar refractivity (Wildman–Crippen MR) is 279 cm³/mol. The van der Waals surface area contributed by atoms with Gasteiger partial charge in [-0.05, 0) is 76.8 Å². The van der Waals surface area contributed by atoms with Gasteiger partial charge in [0.1, 0.15) is 11.2 Å². The van der Waals surface area contributed by atoms with Gasteiger partial charge in [-0.1, -0.05) is 133 Å². The maximum Gasteiger partial charge on any atom is 0.166 e. The van der Waals surface area contributed by atoms with Gasteiger partial charge in [-0.25, -0.2) is 15.0 Å². The monoisotopic (exact) mass is 876 g/mol. The van der Waals surface area contributed by atoms with Crippen molar-refractivity contribution in [1.82, 2.24) is 19.5 Å². The average molecular weight is 877 g/mol. The molecule has 0 aliphatic rings. The van der Waals surface area contributed by atoms with Gasteiger partial charge in [-0.3, -0.25) is 0 Å². The molecule has 15 rings (SSSR count). The summed E-state index contributed by atoms with van der Waals surface area (Å²) >= 11 is 3.57. The standard InChI is InChI=1S/C59H32N4OS2/c1-2-15-35-32-48-45(31-34(35)14-1)37-17-5-8-24-46(37)63(48)47-29-30-49-52(42-28-27-33-13-3-4-16-36(33)54(42)64-49)53(47)59-61-57(43-22-11-20-40-38-18-6-9-25-50(38)65-55(40)43)60-58(62-59)44-23-12-21-41-39-19-7-10-26-51(39)66-56(41)44/h1-32H. The highest BCUT2D eigenvalue weighted by atomic mass is 32.1. The van der Waals surface area contributed by atoms with Crippen LogP contribution in [0.25, 0.3) is 145 Å². The largest absolute Gasteiger partial charge is 0.455 e. The minimum Gasteiger partial charge on any atom is -0.455 e. The van der Waals surface area contributed by atoms with E-state index in [4.69, 9.17) is 19.4 Å². The van der Waals surface area contributed by atoms with E-state index in [0.29, 0.717) is 17.5 Å². The van der Waals surface area contributed by atoms with E-state index in [9.17, 15) is 0 Å². The van der Waals surface area contributed by atoms with Crippen molar-refractivity contribution >= 4 is 128 Å². The third-order valence-corrected chi connectivity index (χ3v) is 15.9. The van der Waals surface area contributed by atoms with Crippen LogP contribution in [0.5, 0.6) is 0 Å². The predicted octanol–water partition coefficient (Wildman–Crippen LogP) is 16.9. The number of nitrogens with zero attached hydrogens (tertiary/aromatic N) is 4. The maximum absolute atomic E-state index is 6.97. The zero-order chi connectivity index (χ0) is 43.0. The van der Waals surface area contributed by atoms with Crippen molar-refractivity contribution in [2.45, 2.75) is 0 Å². The third-order valence-electron chi connectivity index (χ3n) is 13.4. The van der Waals surface area contributed by atoms with Gasteiger partial charge >= 0.3 is 0 Å². The second-order valence-corrected chi connectivity index (χ2v) is 19.1. The normalized spacial score (nSPS) is 12.2. The second-order valence-electron chi connectivity index (χ2n) is 17.0. The lowest BCUT2D eigenvalue weighted by Crippen LogP contribution is -2.04. The highest BCUT2D eigenvalue weighted by Crippen LogP contribution is 2.47. The summed E-state index contributed by atoms with van der Waals surface area (Å²) < 4.78 is 14.1. The van der Waals surface area contributed by atoms with E-state index in [1.54, 1.807) is 22.7 Å². The fourth-order valence-electron chi connectivity index (χ4n) is 10.5. The number of hydrogen-bond acceptors (Lipinski definition) is 6. The molecule has 15 aromatic rings. The molecule has 10 aromatic carbocycles. The molecule has 0 aliphatic heterocycles. The number of para-hydroxylation sites is 1. The van der Waals surface area contributed by atoms with E-state index in [0.717, 1.165) is 75.5 Å². The fourth-order valence-corrected chi connectivity index (χ4v) is 12.9. The molecular formula is C59H32N4OS2. The molecule has 5 nitrogen and oxygen atoms in total. The van der Waals surface area contributed by atoms with Crippen LogP contribution in [-0.2, 0) is 0 Å². The summed E-state index contributed by atoms with van der Waals surface area (Å²) in [7, 11) is 0. The molecule has 0 saturated carbocycles. The Bertz CT molecular complexity index is 4420. The first-order chi connectivity index (χ1) is 32.7. The second kappa shape index (κ2) is 13.6. The lowest BCUT2D eigenvalue weighted by molar-refractivity contribution is 0.672. The van der Waals surface area contributed by atoms with Gasteiger partial charge in [0.25, 0.3) is 0 Å². The Labute approximate surface area is 384 Å². The van der Waals surface area contributed by atoms with Crippen LogP contribution in [0, 0.1) is 0 Å². The van der Waals surface area contributed by atoms with E-state index in [2.05, 4.69) is 199 Å². The summed E-state index contributed by atoms with van der Waals surface area (Å²) in [5.74, 6) is 1.83. The Balaban J connectivity index is 1.12. The SMILES string of the molecule is c1ccc2cc3c(cc2c1)c1ccccc1n3-c1ccc2oc3c4ccccc4ccc3c2c1-c1nc(-c2cccc3c2sc2ccccc23)nc(-c2cccc3c2sc2ccccc23)n1. The Kier molecular flexibility index (Phi) is 7.47. The van der Waals surface area contributed by atoms with Crippen molar-refractivity contribution in [3.8, 4) is 39.9 Å². The van der Waals surface area contributed by atoms with Gasteiger partial charge in [-0.15, -0.1) is 22.7 Å². The molecule has 0 amide bonds. The van der Waals surface area contributed by atoms with Crippen molar-refractivity contribution in [2.24, 2.45) is 0 Å². The first-order valence-electron chi connectivity index (χ1n) is 22.1. The molecule has 5 aromatic heterocycles. The number of fused-ring (bicyclic) bond motifs is 15. The number of rotatable bonds is 4. The van der Waals surface area contributed by atoms with E-state index < -0.39 is 0 Å². The lowest BCUT2D eigenvalue weighted by atomic mass is 10.0. The zero-order valence-corrected chi connectivity index (χ0v) is 36.6. The highest BCUT2D eigenvalue weighted by Gasteiger charge is 2.26. The first kappa shape index (κ1) is 36.1. The Morgan fingerprint density at radius 3 is 1.64 bits per heavy atom. The van der Waals surface area contributed by atoms with E-state index in [-0.39, 0.29) is 0 Å². The molecule has 7 heteroatoms. The molecule has 5 heterocycles. The van der Waals surface area contributed by atoms with Crippen LogP contribution in [0.2, 0.25) is 0 Å². The molecular weight excluding hydrogens is 845 g/mol. The van der Waals surface area contributed by atoms with Crippen molar-refractivity contribution in [2.75, 3.05) is 0 Å². The average Bonchev–Trinajstić information content (AvgIpc) is 4.14. The quantitative estimate of drug-likeness (QED) is 0.177. The molecule has 66 heavy (non-hydrogen) atoms. The number of benzene rings is 10. The van der Waals surface area contributed by atoms with E-state index in [1.165, 1.54) is 52.5 Å². The van der Waals surface area contributed by atoms with Gasteiger partial charge < -0.3 is 8.98 Å². The van der Waals surface area contributed by atoms with Gasteiger partial charge in [0.05, 0.1) is 22.3 Å². The number of hydrogen-bond donors (Lipinski definition) is 0. The molecule has 0 radical (unpaired) electrons. The lowest BCUT2D eigenvalue weighted by Gasteiger charge is -2.16. The summed E-state index contributed by atoms with van der Waals surface area (Å²) in [6.07, 6.45) is 0. The third kappa shape index (κ3) is 5.12. The summed E-state index contributed by atoms with van der Waals surface area (Å²) in [6, 6.07) is 69.5. The Morgan fingerprint density at radius 2 is 0.939 bits per heavy atom. The molecule has 306 valence electrons. The van der Waals surface area contributed by atoms with Crippen LogP contribution < -0.4 is 0 Å². The van der Waals surface area contributed by atoms with Crippen molar-refractivity contribution < 1.29 is 4.42 Å². The highest BCUT2D eigenvalue weighted by molar-refractivity contribution is 7.26. The Hall–Kier alpha value is -8.23. The minimum absolute atomic E-state index is 0.578. The summed E-state index contributed by atoms with van der Waals surface area (Å²) in [6.45, 7) is 0. The topological polar surface area (TPSA) is 56.7 Å². The first-order valence-corrected chi connectivity index (χ1v) is 23.7. The zero-order valence-electron chi connectivity index (χ0n) is 35.0. The molecule has 0 saturated heterocycles. The van der Waals surface area contributed by atoms with Crippen LogP contribution in [-0.4, -0.2) is 19.5 Å². The molecule has 0 aliphatic carbocycles. The number of furan rings is 1. The minimum atomic E-state index is 0.578. The van der Waals surface area contributed by atoms with Gasteiger partial charge in [0, 0.05) is 78.4 Å². The molecule has 0 atom stereocenters. The molecule has 0 fully saturated rings. The fraction of sp³-hybridized carbons (Fsp3) is 0. The van der Waals surface area contributed by atoms with Crippen LogP contribution in [0.3, 0.4) is 0 Å². The van der Waals surface area contributed by atoms with Gasteiger partial charge in [-0.2, -0.15) is 0 Å². The summed E-state index contributed by atoms with van der Waals surface area (Å²) in [4.78, 5) is 16.8. The molecule has 0 N–H and O–H groups in total.